The maximum Gasteiger partial charge on any atom is 0.145 e. The molecule has 0 unspecified atom stereocenters. The molecule has 298 valence electrons. The summed E-state index contributed by atoms with van der Waals surface area (Å²) in [6, 6.07) is 86.1. The zero-order valence-corrected chi connectivity index (χ0v) is 34.9. The minimum Gasteiger partial charge on any atom is -0.307 e. The van der Waals surface area contributed by atoms with Crippen molar-refractivity contribution in [1.82, 2.24) is 14.1 Å². The van der Waals surface area contributed by atoms with Gasteiger partial charge in [-0.3, -0.25) is 4.57 Å². The van der Waals surface area contributed by atoms with Crippen LogP contribution in [0.2, 0.25) is 0 Å². The minimum absolute atomic E-state index is 0.928. The van der Waals surface area contributed by atoms with Crippen LogP contribution in [0.5, 0.6) is 0 Å². The quantitative estimate of drug-likeness (QED) is 0.164. The maximum atomic E-state index is 5.16. The van der Waals surface area contributed by atoms with E-state index in [0.29, 0.717) is 0 Å². The van der Waals surface area contributed by atoms with Gasteiger partial charge in [0.1, 0.15) is 5.82 Å². The molecule has 1 aliphatic heterocycles. The number of hydrogen-bond donors (Lipinski definition) is 0. The molecule has 3 nitrogen and oxygen atoms in total. The van der Waals surface area contributed by atoms with Crippen LogP contribution in [0.25, 0.3) is 122 Å². The molecular formula is C61H39N3. The lowest BCUT2D eigenvalue weighted by Crippen LogP contribution is -2.00. The minimum atomic E-state index is 0.928. The van der Waals surface area contributed by atoms with Crippen LogP contribution in [-0.4, -0.2) is 14.1 Å². The Morgan fingerprint density at radius 3 is 1.52 bits per heavy atom. The summed E-state index contributed by atoms with van der Waals surface area (Å²) in [5, 5.41) is 2.47. The van der Waals surface area contributed by atoms with Crippen LogP contribution in [0.15, 0.2) is 237 Å². The first kappa shape index (κ1) is 36.2. The highest BCUT2D eigenvalue weighted by atomic mass is 15.1. The molecule has 3 heterocycles. The molecular weight excluding hydrogens is 775 g/mol. The summed E-state index contributed by atoms with van der Waals surface area (Å²) < 4.78 is 4.82. The molecule has 13 rings (SSSR count). The van der Waals surface area contributed by atoms with Gasteiger partial charge in [0.05, 0.1) is 27.8 Å². The summed E-state index contributed by atoms with van der Waals surface area (Å²) in [5.41, 5.74) is 22.2. The molecule has 0 atom stereocenters. The zero-order valence-electron chi connectivity index (χ0n) is 34.9. The Balaban J connectivity index is 1.03. The average Bonchev–Trinajstić information content (AvgIpc) is 3.89. The fraction of sp³-hybridized carbons (Fsp3) is 0. The molecule has 10 aromatic carbocycles. The van der Waals surface area contributed by atoms with Gasteiger partial charge in [0, 0.05) is 38.7 Å². The van der Waals surface area contributed by atoms with Gasteiger partial charge in [0.25, 0.3) is 0 Å². The third-order valence-corrected chi connectivity index (χ3v) is 13.0. The van der Waals surface area contributed by atoms with Crippen LogP contribution >= 0.6 is 0 Å². The van der Waals surface area contributed by atoms with E-state index in [-0.39, 0.29) is 0 Å². The first-order valence-electron chi connectivity index (χ1n) is 22.0. The summed E-state index contributed by atoms with van der Waals surface area (Å²) in [7, 11) is 0. The van der Waals surface area contributed by atoms with Crippen LogP contribution < -0.4 is 0 Å². The molecule has 1 aliphatic rings. The lowest BCUT2D eigenvalue weighted by molar-refractivity contribution is 1.10. The van der Waals surface area contributed by atoms with Crippen LogP contribution in [0.3, 0.4) is 0 Å². The fourth-order valence-electron chi connectivity index (χ4n) is 10.1. The van der Waals surface area contributed by atoms with E-state index in [0.717, 1.165) is 33.7 Å². The van der Waals surface area contributed by atoms with Gasteiger partial charge >= 0.3 is 0 Å². The molecule has 0 aliphatic carbocycles. The molecule has 12 aromatic rings. The Labute approximate surface area is 371 Å². The van der Waals surface area contributed by atoms with Gasteiger partial charge in [-0.15, -0.1) is 0 Å². The lowest BCUT2D eigenvalue weighted by Gasteiger charge is -2.19. The number of aromatic nitrogens is 3. The number of para-hydroxylation sites is 5. The highest BCUT2D eigenvalue weighted by molar-refractivity contribution is 6.18. The van der Waals surface area contributed by atoms with Gasteiger partial charge in [0.15, 0.2) is 0 Å². The third-order valence-electron chi connectivity index (χ3n) is 13.0. The molecule has 0 fully saturated rings. The Kier molecular flexibility index (Phi) is 8.22. The monoisotopic (exact) mass is 813 g/mol. The van der Waals surface area contributed by atoms with E-state index in [1.165, 1.54) is 88.7 Å². The van der Waals surface area contributed by atoms with E-state index in [9.17, 15) is 0 Å². The number of imidazole rings is 1. The predicted molar refractivity (Wildman–Crippen MR) is 267 cm³/mol. The number of hydrogen-bond acceptors (Lipinski definition) is 1. The molecule has 0 amide bonds. The molecule has 0 saturated heterocycles. The van der Waals surface area contributed by atoms with Crippen molar-refractivity contribution in [3.63, 3.8) is 0 Å². The lowest BCUT2D eigenvalue weighted by atomic mass is 9.88. The summed E-state index contributed by atoms with van der Waals surface area (Å²) in [4.78, 5) is 5.16. The topological polar surface area (TPSA) is 22.8 Å². The summed E-state index contributed by atoms with van der Waals surface area (Å²) in [6.07, 6.45) is 0. The van der Waals surface area contributed by atoms with Gasteiger partial charge in [-0.05, 0) is 111 Å². The van der Waals surface area contributed by atoms with E-state index in [1.54, 1.807) is 0 Å². The fourth-order valence-corrected chi connectivity index (χ4v) is 10.1. The number of nitrogens with zero attached hydrogens (tertiary/aromatic N) is 3. The molecule has 0 N–H and O–H groups in total. The van der Waals surface area contributed by atoms with Crippen molar-refractivity contribution in [2.45, 2.75) is 0 Å². The molecule has 2 aromatic heterocycles. The number of rotatable bonds is 6. The maximum absolute atomic E-state index is 5.16. The smallest absolute Gasteiger partial charge is 0.145 e. The highest BCUT2D eigenvalue weighted by Gasteiger charge is 2.28. The van der Waals surface area contributed by atoms with E-state index in [1.807, 2.05) is 0 Å². The van der Waals surface area contributed by atoms with Crippen LogP contribution in [-0.2, 0) is 0 Å². The second-order valence-corrected chi connectivity index (χ2v) is 16.7. The summed E-state index contributed by atoms with van der Waals surface area (Å²) in [6.45, 7) is 0. The second kappa shape index (κ2) is 14.5. The molecule has 0 bridgehead atoms. The summed E-state index contributed by atoms with van der Waals surface area (Å²) in [5.74, 6) is 0.928. The number of benzene rings is 10. The first-order chi connectivity index (χ1) is 31.7. The molecule has 0 spiro atoms. The van der Waals surface area contributed by atoms with Gasteiger partial charge < -0.3 is 4.57 Å². The van der Waals surface area contributed by atoms with Crippen molar-refractivity contribution in [2.24, 2.45) is 0 Å². The van der Waals surface area contributed by atoms with Crippen molar-refractivity contribution in [3.8, 4) is 89.5 Å². The van der Waals surface area contributed by atoms with Crippen LogP contribution in [0.4, 0.5) is 0 Å². The van der Waals surface area contributed by atoms with Crippen LogP contribution in [0, 0.1) is 0 Å². The van der Waals surface area contributed by atoms with Gasteiger partial charge in [-0.25, -0.2) is 4.98 Å². The van der Waals surface area contributed by atoms with Gasteiger partial charge in [0.2, 0.25) is 0 Å². The predicted octanol–water partition coefficient (Wildman–Crippen LogP) is 16.1. The molecule has 0 saturated carbocycles. The van der Waals surface area contributed by atoms with E-state index >= 15 is 0 Å². The standard InChI is InChI=1S/C61H39N3/c1-4-17-40(18-5-1)44-35-45(41-19-6-2-7-20-41)37-47(36-44)49-26-16-27-53-50-23-10-11-24-51(50)54-38-46(39-55-52-25-12-14-29-57(52)64(59(49)53)60(54)55)42-31-33-43(34-32-42)61-62-56-28-13-15-30-58(56)63(61)48-21-8-3-9-22-48/h1-39H. The van der Waals surface area contributed by atoms with E-state index in [2.05, 4.69) is 246 Å². The van der Waals surface area contributed by atoms with Crippen LogP contribution in [0.1, 0.15) is 0 Å². The zero-order chi connectivity index (χ0) is 42.1. The molecule has 64 heavy (non-hydrogen) atoms. The SMILES string of the molecule is c1ccc(-c2cc(-c3ccccc3)cc(-c3cccc4c3-n3c5ccccc5c5cc(-c6ccc(-c7nc8ccccc8n7-c7ccccc7)cc6)cc(c53)-c3ccccc3-4)c2)cc1. The Morgan fingerprint density at radius 1 is 0.281 bits per heavy atom. The van der Waals surface area contributed by atoms with Crippen molar-refractivity contribution in [2.75, 3.05) is 0 Å². The van der Waals surface area contributed by atoms with Gasteiger partial charge in [-0.1, -0.05) is 176 Å². The van der Waals surface area contributed by atoms with Crippen molar-refractivity contribution in [1.29, 1.82) is 0 Å². The Bertz CT molecular complexity index is 3690. The van der Waals surface area contributed by atoms with E-state index < -0.39 is 0 Å². The Morgan fingerprint density at radius 2 is 0.797 bits per heavy atom. The summed E-state index contributed by atoms with van der Waals surface area (Å²) >= 11 is 0. The molecule has 0 radical (unpaired) electrons. The Hall–Kier alpha value is -8.53. The molecule has 3 heteroatoms. The first-order valence-corrected chi connectivity index (χ1v) is 22.0. The number of fused-ring (bicyclic) bond motifs is 9. The van der Waals surface area contributed by atoms with Crippen molar-refractivity contribution < 1.29 is 0 Å². The third kappa shape index (κ3) is 5.72. The highest BCUT2D eigenvalue weighted by Crippen LogP contribution is 2.51. The normalized spacial score (nSPS) is 11.8. The van der Waals surface area contributed by atoms with Crippen molar-refractivity contribution in [3.05, 3.63) is 237 Å². The largest absolute Gasteiger partial charge is 0.307 e. The van der Waals surface area contributed by atoms with Gasteiger partial charge in [-0.2, -0.15) is 0 Å². The average molecular weight is 814 g/mol. The van der Waals surface area contributed by atoms with Crippen molar-refractivity contribution >= 4 is 32.8 Å². The van der Waals surface area contributed by atoms with E-state index in [4.69, 9.17) is 4.98 Å². The second-order valence-electron chi connectivity index (χ2n) is 16.7.